The third-order valence-electron chi connectivity index (χ3n) is 4.78. The van der Waals surface area contributed by atoms with E-state index in [1.165, 1.54) is 11.4 Å². The van der Waals surface area contributed by atoms with E-state index in [0.717, 1.165) is 18.2 Å². The molecular weight excluding hydrogens is 448 g/mol. The lowest BCUT2D eigenvalue weighted by atomic mass is 9.81. The topological polar surface area (TPSA) is 75.7 Å². The molecule has 0 aliphatic heterocycles. The number of methoxy groups -OCH3 is 1. The van der Waals surface area contributed by atoms with Crippen molar-refractivity contribution in [3.05, 3.63) is 58.6 Å². The van der Waals surface area contributed by atoms with E-state index in [1.54, 1.807) is 42.5 Å². The predicted octanol–water partition coefficient (Wildman–Crippen LogP) is 5.26. The first-order valence-electron chi connectivity index (χ1n) is 10.3. The van der Waals surface area contributed by atoms with Crippen LogP contribution >= 0.6 is 11.6 Å². The summed E-state index contributed by atoms with van der Waals surface area (Å²) in [6, 6.07) is 11.7. The van der Waals surface area contributed by atoms with E-state index in [9.17, 15) is 13.2 Å². The molecule has 0 saturated heterocycles. The fourth-order valence-electron chi connectivity index (χ4n) is 3.92. The quantitative estimate of drug-likeness (QED) is 0.559. The fourth-order valence-corrected chi connectivity index (χ4v) is 4.97. The summed E-state index contributed by atoms with van der Waals surface area (Å²) in [4.78, 5) is 12.7. The minimum atomic E-state index is -3.62. The smallest absolute Gasteiger partial charge is 0.251 e. The summed E-state index contributed by atoms with van der Waals surface area (Å²) < 4.78 is 31.6. The third kappa shape index (κ3) is 7.41. The first-order valence-corrected chi connectivity index (χ1v) is 12.6. The van der Waals surface area contributed by atoms with Crippen LogP contribution in [0.1, 0.15) is 57.0 Å². The van der Waals surface area contributed by atoms with Gasteiger partial charge in [0.1, 0.15) is 5.75 Å². The normalized spacial score (nSPS) is 12.4. The van der Waals surface area contributed by atoms with E-state index in [0.29, 0.717) is 22.0 Å². The number of ether oxygens (including phenoxy) is 1. The molecule has 0 fully saturated rings. The van der Waals surface area contributed by atoms with E-state index in [1.807, 2.05) is 13.8 Å². The molecule has 2 aromatic rings. The lowest BCUT2D eigenvalue weighted by Gasteiger charge is -2.33. The highest BCUT2D eigenvalue weighted by molar-refractivity contribution is 7.92. The Hall–Kier alpha value is -2.25. The van der Waals surface area contributed by atoms with Gasteiger partial charge in [0, 0.05) is 16.1 Å². The molecule has 0 heterocycles. The summed E-state index contributed by atoms with van der Waals surface area (Å²) in [5.41, 5.74) is 1.32. The molecule has 0 spiro atoms. The molecular formula is C24H33ClN2O4S. The minimum Gasteiger partial charge on any atom is -0.495 e. The van der Waals surface area contributed by atoms with Gasteiger partial charge >= 0.3 is 0 Å². The molecule has 0 saturated carbocycles. The van der Waals surface area contributed by atoms with E-state index in [2.05, 4.69) is 26.1 Å². The Morgan fingerprint density at radius 3 is 2.16 bits per heavy atom. The van der Waals surface area contributed by atoms with Gasteiger partial charge in [0.05, 0.1) is 25.6 Å². The zero-order valence-electron chi connectivity index (χ0n) is 19.8. The van der Waals surface area contributed by atoms with Crippen molar-refractivity contribution in [2.75, 3.05) is 17.7 Å². The van der Waals surface area contributed by atoms with Crippen molar-refractivity contribution in [2.45, 2.75) is 53.1 Å². The van der Waals surface area contributed by atoms with Crippen LogP contribution in [0, 0.1) is 5.41 Å². The molecule has 1 amide bonds. The van der Waals surface area contributed by atoms with Gasteiger partial charge in [-0.3, -0.25) is 9.10 Å². The number of sulfonamides is 1. The molecule has 6 nitrogen and oxygen atoms in total. The first kappa shape index (κ1) is 26.0. The summed E-state index contributed by atoms with van der Waals surface area (Å²) in [7, 11) is -2.14. The van der Waals surface area contributed by atoms with Crippen LogP contribution in [-0.2, 0) is 16.6 Å². The van der Waals surface area contributed by atoms with Crippen LogP contribution < -0.4 is 14.4 Å². The molecule has 32 heavy (non-hydrogen) atoms. The third-order valence-corrected chi connectivity index (χ3v) is 6.14. The predicted molar refractivity (Wildman–Crippen MR) is 131 cm³/mol. The van der Waals surface area contributed by atoms with Gasteiger partial charge in [-0.15, -0.1) is 0 Å². The first-order chi connectivity index (χ1) is 14.6. The second kappa shape index (κ2) is 9.71. The second-order valence-electron chi connectivity index (χ2n) is 9.86. The highest BCUT2D eigenvalue weighted by Crippen LogP contribution is 2.34. The van der Waals surface area contributed by atoms with Gasteiger partial charge in [-0.05, 0) is 61.6 Å². The number of carbonyl (C=O) groups is 1. The number of hydrogen-bond donors (Lipinski definition) is 1. The van der Waals surface area contributed by atoms with Crippen LogP contribution in [0.25, 0.3) is 0 Å². The lowest BCUT2D eigenvalue weighted by molar-refractivity contribution is 0.0891. The number of rotatable bonds is 8. The molecule has 2 rings (SSSR count). The standard InChI is InChI=1S/C24H33ClN2O4S/c1-23(2,3)16-24(4,5)26-22(28)18-10-8-17(9-11-18)15-27(32(7,29)30)20-14-19(25)12-13-21(20)31-6/h8-14H,15-16H2,1-7H3,(H,26,28). The van der Waals surface area contributed by atoms with Gasteiger partial charge in [-0.1, -0.05) is 44.5 Å². The van der Waals surface area contributed by atoms with E-state index < -0.39 is 10.0 Å². The summed E-state index contributed by atoms with van der Waals surface area (Å²) in [6.45, 7) is 10.5. The molecule has 0 aromatic heterocycles. The van der Waals surface area contributed by atoms with E-state index >= 15 is 0 Å². The molecule has 0 aliphatic rings. The van der Waals surface area contributed by atoms with Crippen molar-refractivity contribution in [3.63, 3.8) is 0 Å². The van der Waals surface area contributed by atoms with Crippen LogP contribution in [-0.4, -0.2) is 33.2 Å². The number of nitrogens with one attached hydrogen (secondary N) is 1. The average molecular weight is 481 g/mol. The largest absolute Gasteiger partial charge is 0.495 e. The van der Waals surface area contributed by atoms with Crippen molar-refractivity contribution in [1.82, 2.24) is 5.32 Å². The van der Waals surface area contributed by atoms with Crippen LogP contribution in [0.3, 0.4) is 0 Å². The highest BCUT2D eigenvalue weighted by atomic mass is 35.5. The molecule has 176 valence electrons. The zero-order chi connectivity index (χ0) is 24.3. The molecule has 8 heteroatoms. The number of nitrogens with zero attached hydrogens (tertiary/aromatic N) is 1. The fraction of sp³-hybridized carbons (Fsp3) is 0.458. The zero-order valence-corrected chi connectivity index (χ0v) is 21.4. The van der Waals surface area contributed by atoms with Crippen LogP contribution in [0.4, 0.5) is 5.69 Å². The van der Waals surface area contributed by atoms with Gasteiger partial charge in [-0.2, -0.15) is 0 Å². The van der Waals surface area contributed by atoms with Crippen LogP contribution in [0.5, 0.6) is 5.75 Å². The maximum atomic E-state index is 12.7. The molecule has 0 radical (unpaired) electrons. The minimum absolute atomic E-state index is 0.0763. The second-order valence-corrected chi connectivity index (χ2v) is 12.2. The summed E-state index contributed by atoms with van der Waals surface area (Å²) in [6.07, 6.45) is 1.96. The number of carbonyl (C=O) groups excluding carboxylic acids is 1. The average Bonchev–Trinajstić information content (AvgIpc) is 2.63. The maximum absolute atomic E-state index is 12.7. The van der Waals surface area contributed by atoms with Gasteiger partial charge in [0.2, 0.25) is 10.0 Å². The molecule has 0 bridgehead atoms. The van der Waals surface area contributed by atoms with Crippen LogP contribution in [0.15, 0.2) is 42.5 Å². The number of anilines is 1. The van der Waals surface area contributed by atoms with Crippen LogP contribution in [0.2, 0.25) is 5.02 Å². The summed E-state index contributed by atoms with van der Waals surface area (Å²) in [5.74, 6) is 0.235. The van der Waals surface area contributed by atoms with Gasteiger partial charge < -0.3 is 10.1 Å². The Morgan fingerprint density at radius 1 is 1.06 bits per heavy atom. The van der Waals surface area contributed by atoms with Gasteiger partial charge in [-0.25, -0.2) is 8.42 Å². The Morgan fingerprint density at radius 2 is 1.66 bits per heavy atom. The monoisotopic (exact) mass is 480 g/mol. The molecule has 2 aromatic carbocycles. The highest BCUT2D eigenvalue weighted by Gasteiger charge is 2.27. The Balaban J connectivity index is 2.25. The molecule has 0 atom stereocenters. The summed E-state index contributed by atoms with van der Waals surface area (Å²) in [5, 5.41) is 3.49. The Kier molecular flexibility index (Phi) is 7.89. The van der Waals surface area contributed by atoms with E-state index in [4.69, 9.17) is 16.3 Å². The van der Waals surface area contributed by atoms with Gasteiger partial charge in [0.15, 0.2) is 0 Å². The van der Waals surface area contributed by atoms with Gasteiger partial charge in [0.25, 0.3) is 5.91 Å². The number of benzene rings is 2. The van der Waals surface area contributed by atoms with Crippen molar-refractivity contribution in [2.24, 2.45) is 5.41 Å². The number of hydrogen-bond acceptors (Lipinski definition) is 4. The Labute approximate surface area is 197 Å². The Bertz CT molecular complexity index is 1060. The molecule has 0 aliphatic carbocycles. The maximum Gasteiger partial charge on any atom is 0.251 e. The molecule has 0 unspecified atom stereocenters. The SMILES string of the molecule is COc1ccc(Cl)cc1N(Cc1ccc(C(=O)NC(C)(C)CC(C)(C)C)cc1)S(C)(=O)=O. The van der Waals surface area contributed by atoms with Crippen molar-refractivity contribution in [3.8, 4) is 5.75 Å². The summed E-state index contributed by atoms with van der Waals surface area (Å²) >= 11 is 6.10. The lowest BCUT2D eigenvalue weighted by Crippen LogP contribution is -2.45. The van der Waals surface area contributed by atoms with Crippen molar-refractivity contribution < 1.29 is 17.9 Å². The van der Waals surface area contributed by atoms with E-state index in [-0.39, 0.29) is 23.4 Å². The van der Waals surface area contributed by atoms with Crippen molar-refractivity contribution >= 4 is 33.2 Å². The number of halogens is 1. The van der Waals surface area contributed by atoms with Crippen molar-refractivity contribution in [1.29, 1.82) is 0 Å². The molecule has 1 N–H and O–H groups in total. The number of amides is 1.